The van der Waals surface area contributed by atoms with Crippen LogP contribution in [-0.2, 0) is 4.79 Å². The van der Waals surface area contributed by atoms with Crippen molar-refractivity contribution in [3.8, 4) is 0 Å². The molecule has 3 rings (SSSR count). The summed E-state index contributed by atoms with van der Waals surface area (Å²) >= 11 is 0. The first-order valence-corrected chi connectivity index (χ1v) is 8.30. The molecule has 2 aliphatic rings. The molecule has 25 heavy (non-hydrogen) atoms. The lowest BCUT2D eigenvalue weighted by atomic mass is 9.95. The van der Waals surface area contributed by atoms with Crippen molar-refractivity contribution < 1.29 is 4.79 Å². The Bertz CT molecular complexity index is 793. The predicted octanol–water partition coefficient (Wildman–Crippen LogP) is 3.57. The average molecular weight is 334 g/mol. The van der Waals surface area contributed by atoms with E-state index in [9.17, 15) is 4.79 Å². The van der Waals surface area contributed by atoms with Crippen LogP contribution in [0.1, 0.15) is 18.4 Å². The van der Waals surface area contributed by atoms with Gasteiger partial charge < -0.3 is 10.2 Å². The van der Waals surface area contributed by atoms with Gasteiger partial charge in [0.1, 0.15) is 5.84 Å². The van der Waals surface area contributed by atoms with E-state index >= 15 is 0 Å². The SMILES string of the molecule is CN(C=N)C(=N)c1cccc(NC(=O)/C=C/CC23C=CC=CC2C3)c1. The van der Waals surface area contributed by atoms with E-state index in [0.717, 1.165) is 19.2 Å². The fourth-order valence-corrected chi connectivity index (χ4v) is 3.13. The van der Waals surface area contributed by atoms with Crippen LogP contribution < -0.4 is 5.32 Å². The molecule has 1 fully saturated rings. The summed E-state index contributed by atoms with van der Waals surface area (Å²) in [6, 6.07) is 7.09. The Morgan fingerprint density at radius 3 is 3.04 bits per heavy atom. The second-order valence-electron chi connectivity index (χ2n) is 6.55. The molecule has 5 nitrogen and oxygen atoms in total. The van der Waals surface area contributed by atoms with Crippen LogP contribution in [0, 0.1) is 22.2 Å². The third kappa shape index (κ3) is 3.76. The third-order valence-electron chi connectivity index (χ3n) is 4.78. The highest BCUT2D eigenvalue weighted by molar-refractivity contribution is 6.04. The molecule has 5 heteroatoms. The summed E-state index contributed by atoms with van der Waals surface area (Å²) < 4.78 is 0. The minimum atomic E-state index is -0.173. The van der Waals surface area contributed by atoms with E-state index < -0.39 is 0 Å². The fraction of sp³-hybridized carbons (Fsp3) is 0.250. The number of carbonyl (C=O) groups is 1. The standard InChI is InChI=1S/C20H22N4O/c1-24(14-21)19(22)15-6-4-8-17(12-15)23-18(25)9-5-11-20-10-3-2-7-16(20)13-20/h2-10,12,14,16,21-22H,11,13H2,1H3,(H,23,25)/b9-5+,21-14?,22-19?. The van der Waals surface area contributed by atoms with Gasteiger partial charge in [-0.2, -0.15) is 0 Å². The van der Waals surface area contributed by atoms with Crippen LogP contribution in [0.5, 0.6) is 0 Å². The van der Waals surface area contributed by atoms with E-state index in [2.05, 4.69) is 29.6 Å². The highest BCUT2D eigenvalue weighted by Crippen LogP contribution is 2.58. The first-order valence-electron chi connectivity index (χ1n) is 8.30. The maximum absolute atomic E-state index is 12.1. The van der Waals surface area contributed by atoms with Gasteiger partial charge in [0.05, 0.1) is 6.34 Å². The van der Waals surface area contributed by atoms with E-state index in [1.165, 1.54) is 4.90 Å². The molecule has 0 bridgehead atoms. The number of hydrogen-bond acceptors (Lipinski definition) is 3. The highest BCUT2D eigenvalue weighted by Gasteiger charge is 2.49. The zero-order valence-electron chi connectivity index (χ0n) is 14.2. The molecule has 1 aromatic carbocycles. The molecule has 2 aliphatic carbocycles. The van der Waals surface area contributed by atoms with E-state index in [-0.39, 0.29) is 17.2 Å². The minimum Gasteiger partial charge on any atom is -0.322 e. The van der Waals surface area contributed by atoms with Crippen molar-refractivity contribution >= 4 is 23.8 Å². The number of fused-ring (bicyclic) bond motifs is 1. The molecular weight excluding hydrogens is 312 g/mol. The zero-order valence-corrected chi connectivity index (χ0v) is 14.2. The van der Waals surface area contributed by atoms with Crippen LogP contribution >= 0.6 is 0 Å². The van der Waals surface area contributed by atoms with Crippen molar-refractivity contribution in [3.63, 3.8) is 0 Å². The van der Waals surface area contributed by atoms with E-state index in [1.807, 2.05) is 6.08 Å². The second kappa shape index (κ2) is 6.89. The molecule has 0 heterocycles. The van der Waals surface area contributed by atoms with Crippen molar-refractivity contribution in [3.05, 3.63) is 66.3 Å². The number of nitrogens with zero attached hydrogens (tertiary/aromatic N) is 1. The Labute approximate surface area is 147 Å². The molecule has 128 valence electrons. The summed E-state index contributed by atoms with van der Waals surface area (Å²) in [5, 5.41) is 18.0. The summed E-state index contributed by atoms with van der Waals surface area (Å²) in [7, 11) is 1.64. The number of carbonyl (C=O) groups excluding carboxylic acids is 1. The van der Waals surface area contributed by atoms with Gasteiger partial charge in [0.25, 0.3) is 0 Å². The summed E-state index contributed by atoms with van der Waals surface area (Å²) in [5.74, 6) is 0.657. The Morgan fingerprint density at radius 2 is 2.28 bits per heavy atom. The van der Waals surface area contributed by atoms with Gasteiger partial charge in [0.15, 0.2) is 0 Å². The van der Waals surface area contributed by atoms with Crippen molar-refractivity contribution in [2.24, 2.45) is 11.3 Å². The largest absolute Gasteiger partial charge is 0.322 e. The van der Waals surface area contributed by atoms with E-state index in [0.29, 0.717) is 17.2 Å². The van der Waals surface area contributed by atoms with Crippen LogP contribution in [0.3, 0.4) is 0 Å². The number of amides is 1. The molecule has 2 atom stereocenters. The molecule has 0 saturated heterocycles. The average Bonchev–Trinajstić information content (AvgIpc) is 3.35. The number of nitrogens with one attached hydrogen (secondary N) is 3. The minimum absolute atomic E-state index is 0.173. The number of hydrogen-bond donors (Lipinski definition) is 3. The molecule has 0 aromatic heterocycles. The Hall–Kier alpha value is -2.95. The predicted molar refractivity (Wildman–Crippen MR) is 101 cm³/mol. The van der Waals surface area contributed by atoms with Gasteiger partial charge in [-0.25, -0.2) is 0 Å². The Morgan fingerprint density at radius 1 is 1.44 bits per heavy atom. The van der Waals surface area contributed by atoms with E-state index in [4.69, 9.17) is 10.8 Å². The van der Waals surface area contributed by atoms with Gasteiger partial charge in [0, 0.05) is 18.3 Å². The molecular formula is C20H22N4O. The third-order valence-corrected chi connectivity index (χ3v) is 4.78. The number of anilines is 1. The molecule has 0 spiro atoms. The number of rotatable bonds is 6. The molecule has 1 saturated carbocycles. The van der Waals surface area contributed by atoms with Crippen molar-refractivity contribution in [1.82, 2.24) is 4.90 Å². The van der Waals surface area contributed by atoms with Crippen LogP contribution in [0.4, 0.5) is 5.69 Å². The lowest BCUT2D eigenvalue weighted by Gasteiger charge is -2.14. The first-order chi connectivity index (χ1) is 12.0. The van der Waals surface area contributed by atoms with Gasteiger partial charge in [-0.3, -0.25) is 15.6 Å². The summed E-state index contributed by atoms with van der Waals surface area (Å²) in [5.41, 5.74) is 1.52. The van der Waals surface area contributed by atoms with Crippen LogP contribution in [-0.4, -0.2) is 30.0 Å². The molecule has 0 aliphatic heterocycles. The van der Waals surface area contributed by atoms with Crippen molar-refractivity contribution in [2.45, 2.75) is 12.8 Å². The van der Waals surface area contributed by atoms with Crippen LogP contribution in [0.25, 0.3) is 0 Å². The number of amidine groups is 1. The number of allylic oxidation sites excluding steroid dienone is 5. The van der Waals surface area contributed by atoms with Crippen LogP contribution in [0.15, 0.2) is 60.7 Å². The topological polar surface area (TPSA) is 80.0 Å². The van der Waals surface area contributed by atoms with Gasteiger partial charge in [0.2, 0.25) is 5.91 Å². The quantitative estimate of drug-likeness (QED) is 0.422. The molecule has 3 N–H and O–H groups in total. The molecule has 2 unspecified atom stereocenters. The summed E-state index contributed by atoms with van der Waals surface area (Å²) in [6.45, 7) is 0. The van der Waals surface area contributed by atoms with E-state index in [1.54, 1.807) is 37.4 Å². The summed E-state index contributed by atoms with van der Waals surface area (Å²) in [6.07, 6.45) is 15.3. The Balaban J connectivity index is 1.57. The second-order valence-corrected chi connectivity index (χ2v) is 6.55. The molecule has 1 aromatic rings. The van der Waals surface area contributed by atoms with Gasteiger partial charge >= 0.3 is 0 Å². The van der Waals surface area contributed by atoms with Crippen LogP contribution in [0.2, 0.25) is 0 Å². The van der Waals surface area contributed by atoms with Gasteiger partial charge in [-0.15, -0.1) is 0 Å². The monoisotopic (exact) mass is 334 g/mol. The lowest BCUT2D eigenvalue weighted by Crippen LogP contribution is -2.24. The maximum Gasteiger partial charge on any atom is 0.248 e. The lowest BCUT2D eigenvalue weighted by molar-refractivity contribution is -0.111. The number of benzene rings is 1. The zero-order chi connectivity index (χ0) is 17.9. The normalized spacial score (nSPS) is 23.2. The van der Waals surface area contributed by atoms with Gasteiger partial charge in [-0.05, 0) is 42.4 Å². The molecule has 0 radical (unpaired) electrons. The van der Waals surface area contributed by atoms with Crippen molar-refractivity contribution in [2.75, 3.05) is 12.4 Å². The Kier molecular flexibility index (Phi) is 4.65. The van der Waals surface area contributed by atoms with Gasteiger partial charge in [-0.1, -0.05) is 42.5 Å². The molecule has 1 amide bonds. The smallest absolute Gasteiger partial charge is 0.248 e. The maximum atomic E-state index is 12.1. The highest BCUT2D eigenvalue weighted by atomic mass is 16.1. The summed E-state index contributed by atoms with van der Waals surface area (Å²) in [4.78, 5) is 13.5. The first kappa shape index (κ1) is 16.9. The van der Waals surface area contributed by atoms with Crippen molar-refractivity contribution in [1.29, 1.82) is 10.8 Å². The fourth-order valence-electron chi connectivity index (χ4n) is 3.13.